The predicted octanol–water partition coefficient (Wildman–Crippen LogP) is 3.64. The van der Waals surface area contributed by atoms with Crippen LogP contribution in [0, 0.1) is 6.92 Å². The molecule has 0 radical (unpaired) electrons. The minimum Gasteiger partial charge on any atom is -0.478 e. The first-order valence-corrected chi connectivity index (χ1v) is 6.19. The summed E-state index contributed by atoms with van der Waals surface area (Å²) in [6.07, 6.45) is 0. The van der Waals surface area contributed by atoms with Crippen molar-refractivity contribution in [2.45, 2.75) is 13.8 Å². The van der Waals surface area contributed by atoms with Crippen molar-refractivity contribution in [1.29, 1.82) is 0 Å². The first kappa shape index (κ1) is 13.8. The second-order valence-electron chi connectivity index (χ2n) is 4.61. The lowest BCUT2D eigenvalue weighted by atomic mass is 10.1. The van der Waals surface area contributed by atoms with Crippen molar-refractivity contribution in [3.63, 3.8) is 0 Å². The SMILES string of the molecule is CC(=O)c1ccc(Nc2ccc(C)cc2)c(C(=O)O)c1. The molecular formula is C16H15NO3. The average Bonchev–Trinajstić information content (AvgIpc) is 2.41. The van der Waals surface area contributed by atoms with Gasteiger partial charge in [-0.15, -0.1) is 0 Å². The summed E-state index contributed by atoms with van der Waals surface area (Å²) in [6, 6.07) is 12.2. The standard InChI is InChI=1S/C16H15NO3/c1-10-3-6-13(7-4-10)17-15-8-5-12(11(2)18)9-14(15)16(19)20/h3-9,17H,1-2H3,(H,19,20). The molecule has 2 rings (SSSR count). The maximum Gasteiger partial charge on any atom is 0.337 e. The van der Waals surface area contributed by atoms with Gasteiger partial charge < -0.3 is 10.4 Å². The van der Waals surface area contributed by atoms with Gasteiger partial charge in [0.25, 0.3) is 0 Å². The molecule has 2 aromatic rings. The van der Waals surface area contributed by atoms with Crippen LogP contribution in [0.3, 0.4) is 0 Å². The number of carbonyl (C=O) groups excluding carboxylic acids is 1. The Balaban J connectivity index is 2.38. The smallest absolute Gasteiger partial charge is 0.337 e. The van der Waals surface area contributed by atoms with E-state index in [4.69, 9.17) is 0 Å². The van der Waals surface area contributed by atoms with E-state index >= 15 is 0 Å². The molecule has 0 aliphatic carbocycles. The first-order chi connectivity index (χ1) is 9.47. The summed E-state index contributed by atoms with van der Waals surface area (Å²) in [5.74, 6) is -1.22. The van der Waals surface area contributed by atoms with E-state index < -0.39 is 5.97 Å². The Hall–Kier alpha value is -2.62. The van der Waals surface area contributed by atoms with Crippen molar-refractivity contribution < 1.29 is 14.7 Å². The Morgan fingerprint density at radius 3 is 2.25 bits per heavy atom. The minimum atomic E-state index is -1.07. The number of hydrogen-bond donors (Lipinski definition) is 2. The van der Waals surface area contributed by atoms with Gasteiger partial charge in [0.2, 0.25) is 0 Å². The molecule has 4 heteroatoms. The summed E-state index contributed by atoms with van der Waals surface area (Å²) < 4.78 is 0. The monoisotopic (exact) mass is 269 g/mol. The molecule has 0 saturated heterocycles. The van der Waals surface area contributed by atoms with Crippen LogP contribution in [-0.2, 0) is 0 Å². The van der Waals surface area contributed by atoms with Gasteiger partial charge in [-0.25, -0.2) is 4.79 Å². The normalized spacial score (nSPS) is 10.1. The maximum absolute atomic E-state index is 11.3. The Morgan fingerprint density at radius 1 is 1.05 bits per heavy atom. The Kier molecular flexibility index (Phi) is 3.84. The molecule has 0 aliphatic heterocycles. The molecule has 2 aromatic carbocycles. The number of benzene rings is 2. The summed E-state index contributed by atoms with van der Waals surface area (Å²) in [5.41, 5.74) is 2.86. The fourth-order valence-corrected chi connectivity index (χ4v) is 1.84. The minimum absolute atomic E-state index is 0.0817. The molecule has 0 fully saturated rings. The van der Waals surface area contributed by atoms with E-state index in [1.165, 1.54) is 13.0 Å². The average molecular weight is 269 g/mol. The Bertz CT molecular complexity index is 660. The van der Waals surface area contributed by atoms with Gasteiger partial charge in [-0.05, 0) is 44.2 Å². The number of nitrogens with one attached hydrogen (secondary N) is 1. The van der Waals surface area contributed by atoms with Crippen LogP contribution in [0.15, 0.2) is 42.5 Å². The predicted molar refractivity (Wildman–Crippen MR) is 77.9 cm³/mol. The lowest BCUT2D eigenvalue weighted by Gasteiger charge is -2.11. The number of Topliss-reactive ketones (excluding diaryl/α,β-unsaturated/α-hetero) is 1. The summed E-state index contributed by atoms with van der Waals surface area (Å²) in [7, 11) is 0. The van der Waals surface area contributed by atoms with Gasteiger partial charge in [-0.1, -0.05) is 17.7 Å². The fraction of sp³-hybridized carbons (Fsp3) is 0.125. The van der Waals surface area contributed by atoms with Crippen LogP contribution < -0.4 is 5.32 Å². The lowest BCUT2D eigenvalue weighted by Crippen LogP contribution is -2.05. The molecule has 20 heavy (non-hydrogen) atoms. The second-order valence-corrected chi connectivity index (χ2v) is 4.61. The number of hydrogen-bond acceptors (Lipinski definition) is 3. The van der Waals surface area contributed by atoms with Crippen LogP contribution in [0.4, 0.5) is 11.4 Å². The van der Waals surface area contributed by atoms with Gasteiger partial charge in [0.15, 0.2) is 5.78 Å². The van der Waals surface area contributed by atoms with Crippen molar-refractivity contribution in [3.8, 4) is 0 Å². The summed E-state index contributed by atoms with van der Waals surface area (Å²) >= 11 is 0. The van der Waals surface area contributed by atoms with Gasteiger partial charge in [0.05, 0.1) is 11.3 Å². The van der Waals surface area contributed by atoms with Gasteiger partial charge in [0, 0.05) is 11.3 Å². The molecule has 0 amide bonds. The van der Waals surface area contributed by atoms with E-state index in [2.05, 4.69) is 5.32 Å². The third-order valence-corrected chi connectivity index (χ3v) is 2.99. The van der Waals surface area contributed by atoms with Crippen LogP contribution >= 0.6 is 0 Å². The van der Waals surface area contributed by atoms with E-state index in [9.17, 15) is 14.7 Å². The molecule has 2 N–H and O–H groups in total. The molecule has 0 spiro atoms. The third-order valence-electron chi connectivity index (χ3n) is 2.99. The summed E-state index contributed by atoms with van der Waals surface area (Å²) in [5, 5.41) is 12.3. The van der Waals surface area contributed by atoms with Gasteiger partial charge in [0.1, 0.15) is 0 Å². The molecule has 102 valence electrons. The molecule has 0 heterocycles. The number of ketones is 1. The topological polar surface area (TPSA) is 66.4 Å². The van der Waals surface area contributed by atoms with Gasteiger partial charge in [-0.3, -0.25) is 4.79 Å². The number of carbonyl (C=O) groups is 2. The number of carboxylic acids is 1. The molecular weight excluding hydrogens is 254 g/mol. The van der Waals surface area contributed by atoms with E-state index in [0.29, 0.717) is 11.3 Å². The molecule has 0 aromatic heterocycles. The summed E-state index contributed by atoms with van der Waals surface area (Å²) in [6.45, 7) is 3.39. The maximum atomic E-state index is 11.3. The highest BCUT2D eigenvalue weighted by molar-refractivity contribution is 6.01. The van der Waals surface area contributed by atoms with Crippen LogP contribution in [0.2, 0.25) is 0 Å². The molecule has 0 atom stereocenters. The van der Waals surface area contributed by atoms with Crippen LogP contribution in [0.25, 0.3) is 0 Å². The molecule has 0 bridgehead atoms. The van der Waals surface area contributed by atoms with Crippen molar-refractivity contribution in [2.75, 3.05) is 5.32 Å². The number of carboxylic acid groups (broad SMARTS) is 1. The van der Waals surface area contributed by atoms with Crippen molar-refractivity contribution in [3.05, 3.63) is 59.2 Å². The van der Waals surface area contributed by atoms with E-state index in [0.717, 1.165) is 11.3 Å². The van der Waals surface area contributed by atoms with Crippen LogP contribution in [-0.4, -0.2) is 16.9 Å². The number of anilines is 2. The van der Waals surface area contributed by atoms with Crippen molar-refractivity contribution in [1.82, 2.24) is 0 Å². The molecule has 0 unspecified atom stereocenters. The van der Waals surface area contributed by atoms with Crippen LogP contribution in [0.1, 0.15) is 33.2 Å². The lowest BCUT2D eigenvalue weighted by molar-refractivity contribution is 0.0698. The third kappa shape index (κ3) is 3.03. The number of aromatic carboxylic acids is 1. The van der Waals surface area contributed by atoms with Crippen molar-refractivity contribution in [2.24, 2.45) is 0 Å². The largest absolute Gasteiger partial charge is 0.478 e. The molecule has 0 aliphatic rings. The number of aryl methyl sites for hydroxylation is 1. The molecule has 4 nitrogen and oxygen atoms in total. The Morgan fingerprint density at radius 2 is 1.70 bits per heavy atom. The highest BCUT2D eigenvalue weighted by Gasteiger charge is 2.12. The summed E-state index contributed by atoms with van der Waals surface area (Å²) in [4.78, 5) is 22.6. The highest BCUT2D eigenvalue weighted by Crippen LogP contribution is 2.23. The van der Waals surface area contributed by atoms with E-state index in [-0.39, 0.29) is 11.3 Å². The first-order valence-electron chi connectivity index (χ1n) is 6.19. The highest BCUT2D eigenvalue weighted by atomic mass is 16.4. The zero-order chi connectivity index (χ0) is 14.7. The van der Waals surface area contributed by atoms with Gasteiger partial charge in [-0.2, -0.15) is 0 Å². The quantitative estimate of drug-likeness (QED) is 0.832. The fourth-order valence-electron chi connectivity index (χ4n) is 1.84. The van der Waals surface area contributed by atoms with E-state index in [1.807, 2.05) is 31.2 Å². The van der Waals surface area contributed by atoms with Crippen molar-refractivity contribution >= 4 is 23.1 Å². The molecule has 0 saturated carbocycles. The van der Waals surface area contributed by atoms with E-state index in [1.54, 1.807) is 12.1 Å². The second kappa shape index (κ2) is 5.57. The zero-order valence-corrected chi connectivity index (χ0v) is 11.3. The van der Waals surface area contributed by atoms with Crippen LogP contribution in [0.5, 0.6) is 0 Å². The number of rotatable bonds is 4. The Labute approximate surface area is 117 Å². The zero-order valence-electron chi connectivity index (χ0n) is 11.3. The van der Waals surface area contributed by atoms with Gasteiger partial charge >= 0.3 is 5.97 Å².